The Morgan fingerprint density at radius 1 is 1.03 bits per heavy atom. The Bertz CT molecular complexity index is 981. The van der Waals surface area contributed by atoms with Gasteiger partial charge in [-0.1, -0.05) is 12.1 Å². The number of para-hydroxylation sites is 1. The van der Waals surface area contributed by atoms with Gasteiger partial charge < -0.3 is 20.5 Å². The van der Waals surface area contributed by atoms with Crippen molar-refractivity contribution < 1.29 is 9.47 Å². The first-order valence-corrected chi connectivity index (χ1v) is 9.01. The highest BCUT2D eigenvalue weighted by Crippen LogP contribution is 2.21. The molecule has 29 heavy (non-hydrogen) atoms. The molecule has 3 N–H and O–H groups in total. The van der Waals surface area contributed by atoms with Crippen LogP contribution in [0, 0.1) is 0 Å². The summed E-state index contributed by atoms with van der Waals surface area (Å²) in [6.07, 6.45) is 5.13. The third-order valence-electron chi connectivity index (χ3n) is 4.18. The number of hydrogen-bond donors (Lipinski definition) is 2. The van der Waals surface area contributed by atoms with Crippen LogP contribution in [0.1, 0.15) is 16.7 Å². The smallest absolute Gasteiger partial charge is 0.155 e. The summed E-state index contributed by atoms with van der Waals surface area (Å²) in [5, 5.41) is 11.6. The van der Waals surface area contributed by atoms with Crippen LogP contribution in [-0.2, 0) is 6.54 Å². The van der Waals surface area contributed by atoms with Crippen LogP contribution in [0.4, 0.5) is 5.69 Å². The Balaban J connectivity index is 1.75. The molecule has 0 fully saturated rings. The zero-order valence-corrected chi connectivity index (χ0v) is 16.4. The van der Waals surface area contributed by atoms with E-state index in [1.807, 2.05) is 48.5 Å². The molecular weight excluding hydrogens is 366 g/mol. The number of ether oxygens (including phenoxy) is 2. The Morgan fingerprint density at radius 2 is 1.72 bits per heavy atom. The van der Waals surface area contributed by atoms with Crippen LogP contribution in [0.2, 0.25) is 0 Å². The average Bonchev–Trinajstić information content (AvgIpc) is 2.78. The molecule has 0 amide bonds. The molecule has 0 radical (unpaired) electrons. The summed E-state index contributed by atoms with van der Waals surface area (Å²) in [5.41, 5.74) is 9.75. The van der Waals surface area contributed by atoms with Gasteiger partial charge in [-0.15, -0.1) is 5.10 Å². The Hall–Kier alpha value is -3.87. The van der Waals surface area contributed by atoms with Crippen molar-refractivity contribution in [3.05, 3.63) is 83.7 Å². The zero-order chi connectivity index (χ0) is 20.5. The van der Waals surface area contributed by atoms with E-state index < -0.39 is 0 Å². The number of hydrogen-bond acceptors (Lipinski definition) is 6. The minimum Gasteiger partial charge on any atom is -0.497 e. The fourth-order valence-corrected chi connectivity index (χ4v) is 2.67. The molecule has 3 rings (SSSR count). The van der Waals surface area contributed by atoms with Gasteiger partial charge in [0.05, 0.1) is 20.4 Å². The molecule has 3 aromatic rings. The first-order valence-electron chi connectivity index (χ1n) is 9.01. The van der Waals surface area contributed by atoms with Gasteiger partial charge >= 0.3 is 0 Å². The summed E-state index contributed by atoms with van der Waals surface area (Å²) in [7, 11) is 3.20. The van der Waals surface area contributed by atoms with Gasteiger partial charge in [-0.05, 0) is 42.0 Å². The summed E-state index contributed by atoms with van der Waals surface area (Å²) in [6.45, 7) is 0.652. The van der Waals surface area contributed by atoms with Gasteiger partial charge in [-0.25, -0.2) is 0 Å². The fraction of sp³-hybridized carbons (Fsp3) is 0.136. The van der Waals surface area contributed by atoms with E-state index in [9.17, 15) is 0 Å². The maximum Gasteiger partial charge on any atom is 0.155 e. The highest BCUT2D eigenvalue weighted by atomic mass is 16.5. The van der Waals surface area contributed by atoms with Gasteiger partial charge in [-0.3, -0.25) is 4.98 Å². The first-order chi connectivity index (χ1) is 14.2. The molecule has 0 aliphatic carbocycles. The van der Waals surface area contributed by atoms with Crippen molar-refractivity contribution in [2.24, 2.45) is 15.9 Å². The zero-order valence-electron chi connectivity index (χ0n) is 16.4. The first kappa shape index (κ1) is 19.9. The molecular formula is C22H23N5O2. The molecule has 0 aliphatic heterocycles. The van der Waals surface area contributed by atoms with Crippen molar-refractivity contribution in [2.75, 3.05) is 19.5 Å². The van der Waals surface area contributed by atoms with Gasteiger partial charge in [0.25, 0.3) is 0 Å². The van der Waals surface area contributed by atoms with Crippen molar-refractivity contribution in [1.82, 2.24) is 4.98 Å². The van der Waals surface area contributed by atoms with E-state index in [0.717, 1.165) is 22.4 Å². The van der Waals surface area contributed by atoms with Gasteiger partial charge in [-0.2, -0.15) is 5.10 Å². The maximum absolute atomic E-state index is 6.18. The van der Waals surface area contributed by atoms with Crippen molar-refractivity contribution in [1.29, 1.82) is 0 Å². The number of methoxy groups -OCH3 is 2. The normalized spacial score (nSPS) is 11.4. The third kappa shape index (κ3) is 5.55. The molecule has 0 saturated carbocycles. The molecule has 0 saturated heterocycles. The fourth-order valence-electron chi connectivity index (χ4n) is 2.67. The number of nitrogens with zero attached hydrogens (tertiary/aromatic N) is 3. The van der Waals surface area contributed by atoms with E-state index in [4.69, 9.17) is 15.2 Å². The Morgan fingerprint density at radius 3 is 2.41 bits per heavy atom. The number of benzene rings is 2. The second-order valence-electron chi connectivity index (χ2n) is 6.13. The van der Waals surface area contributed by atoms with Gasteiger partial charge in [0.15, 0.2) is 5.84 Å². The van der Waals surface area contributed by atoms with Crippen LogP contribution < -0.4 is 20.5 Å². The summed E-state index contributed by atoms with van der Waals surface area (Å²) in [4.78, 5) is 4.03. The van der Waals surface area contributed by atoms with E-state index in [0.29, 0.717) is 23.9 Å². The highest BCUT2D eigenvalue weighted by Gasteiger charge is 2.06. The molecule has 0 atom stereocenters. The summed E-state index contributed by atoms with van der Waals surface area (Å²) < 4.78 is 10.5. The van der Waals surface area contributed by atoms with E-state index in [1.54, 1.807) is 38.9 Å². The quantitative estimate of drug-likeness (QED) is 0.350. The number of pyridine rings is 1. The van der Waals surface area contributed by atoms with Gasteiger partial charge in [0.2, 0.25) is 0 Å². The van der Waals surface area contributed by atoms with Gasteiger partial charge in [0.1, 0.15) is 11.5 Å². The van der Waals surface area contributed by atoms with Gasteiger partial charge in [0, 0.05) is 41.8 Å². The van der Waals surface area contributed by atoms with Crippen LogP contribution in [0.5, 0.6) is 11.5 Å². The van der Waals surface area contributed by atoms with Crippen molar-refractivity contribution in [3.63, 3.8) is 0 Å². The van der Waals surface area contributed by atoms with Crippen LogP contribution >= 0.6 is 0 Å². The summed E-state index contributed by atoms with van der Waals surface area (Å²) >= 11 is 0. The second kappa shape index (κ2) is 9.89. The molecule has 1 heterocycles. The third-order valence-corrected chi connectivity index (χ3v) is 4.18. The number of amidine groups is 1. The monoisotopic (exact) mass is 389 g/mol. The van der Waals surface area contributed by atoms with Crippen LogP contribution in [0.25, 0.3) is 0 Å². The molecule has 0 aliphatic rings. The SMILES string of the molecule is COc1cc(/C=N/N=C(\N)c2ccccc2NCc2ccncc2)cc(OC)c1. The van der Waals surface area contributed by atoms with E-state index in [1.165, 1.54) is 0 Å². The van der Waals surface area contributed by atoms with Crippen molar-refractivity contribution in [3.8, 4) is 11.5 Å². The predicted octanol–water partition coefficient (Wildman–Crippen LogP) is 3.45. The number of nitrogens with one attached hydrogen (secondary N) is 1. The topological polar surface area (TPSA) is 94.1 Å². The molecule has 0 spiro atoms. The standard InChI is InChI=1S/C22H23N5O2/c1-28-18-11-17(12-19(13-18)29-2)15-26-27-22(23)20-5-3-4-6-21(20)25-14-16-7-9-24-10-8-16/h3-13,15,25H,14H2,1-2H3,(H2,23,27)/b26-15+. The second-order valence-corrected chi connectivity index (χ2v) is 6.13. The predicted molar refractivity (Wildman–Crippen MR) is 116 cm³/mol. The number of nitrogens with two attached hydrogens (primary N) is 1. The van der Waals surface area contributed by atoms with Crippen LogP contribution in [0.3, 0.4) is 0 Å². The molecule has 0 bridgehead atoms. The lowest BCUT2D eigenvalue weighted by molar-refractivity contribution is 0.394. The molecule has 2 aromatic carbocycles. The molecule has 1 aromatic heterocycles. The van der Waals surface area contributed by atoms with Crippen LogP contribution in [0.15, 0.2) is 77.2 Å². The minimum atomic E-state index is 0.314. The number of aromatic nitrogens is 1. The lowest BCUT2D eigenvalue weighted by Gasteiger charge is -2.11. The van der Waals surface area contributed by atoms with E-state index in [2.05, 4.69) is 20.5 Å². The maximum atomic E-state index is 6.18. The lowest BCUT2D eigenvalue weighted by Crippen LogP contribution is -2.15. The Kier molecular flexibility index (Phi) is 6.78. The van der Waals surface area contributed by atoms with Crippen LogP contribution in [-0.4, -0.2) is 31.3 Å². The summed E-state index contributed by atoms with van der Waals surface area (Å²) in [5.74, 6) is 1.66. The number of anilines is 1. The number of rotatable bonds is 8. The molecule has 0 unspecified atom stereocenters. The molecule has 7 nitrogen and oxygen atoms in total. The molecule has 7 heteroatoms. The Labute approximate surface area is 169 Å². The lowest BCUT2D eigenvalue weighted by atomic mass is 10.1. The molecule has 148 valence electrons. The highest BCUT2D eigenvalue weighted by molar-refractivity contribution is 6.02. The van der Waals surface area contributed by atoms with E-state index >= 15 is 0 Å². The van der Waals surface area contributed by atoms with Crippen molar-refractivity contribution >= 4 is 17.7 Å². The minimum absolute atomic E-state index is 0.314. The summed E-state index contributed by atoms with van der Waals surface area (Å²) in [6, 6.07) is 17.1. The van der Waals surface area contributed by atoms with E-state index in [-0.39, 0.29) is 0 Å². The van der Waals surface area contributed by atoms with Crippen molar-refractivity contribution in [2.45, 2.75) is 6.54 Å². The largest absolute Gasteiger partial charge is 0.497 e. The average molecular weight is 389 g/mol.